The number of carbonyl (C=O) groups is 1. The van der Waals surface area contributed by atoms with Gasteiger partial charge in [-0.15, -0.1) is 5.10 Å². The van der Waals surface area contributed by atoms with Crippen LogP contribution in [-0.2, 0) is 11.3 Å². The fourth-order valence-electron chi connectivity index (χ4n) is 3.14. The van der Waals surface area contributed by atoms with Crippen molar-refractivity contribution < 1.29 is 14.3 Å². The molecule has 1 aromatic carbocycles. The molecule has 0 spiro atoms. The minimum Gasteiger partial charge on any atom is -0.495 e. The van der Waals surface area contributed by atoms with Gasteiger partial charge in [-0.1, -0.05) is 6.07 Å². The van der Waals surface area contributed by atoms with Gasteiger partial charge in [0.2, 0.25) is 0 Å². The topological polar surface area (TPSA) is 102 Å². The van der Waals surface area contributed by atoms with E-state index in [9.17, 15) is 4.79 Å². The zero-order valence-corrected chi connectivity index (χ0v) is 15.9. The van der Waals surface area contributed by atoms with E-state index in [1.54, 1.807) is 14.2 Å². The van der Waals surface area contributed by atoms with E-state index in [0.717, 1.165) is 16.9 Å². The van der Waals surface area contributed by atoms with E-state index in [1.807, 2.05) is 31.2 Å². The average molecular weight is 382 g/mol. The lowest BCUT2D eigenvalue weighted by Gasteiger charge is -2.17. The quantitative estimate of drug-likeness (QED) is 0.624. The van der Waals surface area contributed by atoms with Crippen LogP contribution >= 0.6 is 0 Å². The molecule has 0 unspecified atom stereocenters. The molecule has 0 fully saturated rings. The van der Waals surface area contributed by atoms with Gasteiger partial charge in [0.1, 0.15) is 5.75 Å². The summed E-state index contributed by atoms with van der Waals surface area (Å²) < 4.78 is 12.8. The van der Waals surface area contributed by atoms with E-state index in [1.165, 1.54) is 10.7 Å². The minimum absolute atomic E-state index is 0.163. The van der Waals surface area contributed by atoms with E-state index in [4.69, 9.17) is 9.47 Å². The van der Waals surface area contributed by atoms with Gasteiger partial charge in [0.05, 0.1) is 37.9 Å². The Morgan fingerprint density at radius 1 is 1.36 bits per heavy atom. The molecule has 1 aliphatic heterocycles. The van der Waals surface area contributed by atoms with Crippen LogP contribution in [0.15, 0.2) is 30.5 Å². The Morgan fingerprint density at radius 3 is 3.00 bits per heavy atom. The summed E-state index contributed by atoms with van der Waals surface area (Å²) in [6.07, 6.45) is 1.52. The summed E-state index contributed by atoms with van der Waals surface area (Å²) in [5.74, 6) is 0.967. The van der Waals surface area contributed by atoms with Gasteiger partial charge in [0.15, 0.2) is 17.2 Å². The number of carbonyl (C=O) groups excluding carboxylic acids is 1. The van der Waals surface area contributed by atoms with E-state index >= 15 is 0 Å². The lowest BCUT2D eigenvalue weighted by molar-refractivity contribution is 0.0815. The van der Waals surface area contributed by atoms with Crippen LogP contribution in [0.5, 0.6) is 5.75 Å². The van der Waals surface area contributed by atoms with Gasteiger partial charge in [-0.05, 0) is 24.6 Å². The second kappa shape index (κ2) is 7.35. The maximum absolute atomic E-state index is 12.7. The monoisotopic (exact) mass is 382 g/mol. The zero-order chi connectivity index (χ0) is 19.7. The molecule has 3 N–H and O–H groups in total. The van der Waals surface area contributed by atoms with Gasteiger partial charge < -0.3 is 25.4 Å². The fourth-order valence-corrected chi connectivity index (χ4v) is 3.14. The molecule has 1 atom stereocenters. The molecule has 0 saturated heterocycles. The second-order valence-electron chi connectivity index (χ2n) is 6.62. The Bertz CT molecular complexity index is 1030. The number of imidazole rings is 1. The Labute approximate surface area is 162 Å². The third-order valence-corrected chi connectivity index (χ3v) is 4.51. The van der Waals surface area contributed by atoms with E-state index in [0.29, 0.717) is 36.1 Å². The molecular weight excluding hydrogens is 360 g/mol. The largest absolute Gasteiger partial charge is 0.495 e. The maximum atomic E-state index is 12.7. The van der Waals surface area contributed by atoms with Crippen molar-refractivity contribution in [1.29, 1.82) is 0 Å². The molecule has 146 valence electrons. The number of hydrogen-bond donors (Lipinski definition) is 3. The molecule has 0 aliphatic carbocycles. The highest BCUT2D eigenvalue weighted by Crippen LogP contribution is 2.30. The minimum atomic E-state index is -0.261. The van der Waals surface area contributed by atoms with Crippen molar-refractivity contribution in [2.75, 3.05) is 31.4 Å². The lowest BCUT2D eigenvalue weighted by Crippen LogP contribution is -2.36. The number of benzene rings is 1. The number of nitrogens with zero attached hydrogens (tertiary/aromatic N) is 3. The molecule has 1 amide bonds. The second-order valence-corrected chi connectivity index (χ2v) is 6.62. The fraction of sp³-hybridized carbons (Fsp3) is 0.316. The van der Waals surface area contributed by atoms with Crippen molar-refractivity contribution in [3.8, 4) is 5.75 Å². The number of amides is 1. The van der Waals surface area contributed by atoms with Crippen LogP contribution in [0, 0.1) is 0 Å². The summed E-state index contributed by atoms with van der Waals surface area (Å²) in [5.41, 5.74) is 3.40. The van der Waals surface area contributed by atoms with Crippen LogP contribution < -0.4 is 20.7 Å². The van der Waals surface area contributed by atoms with E-state index < -0.39 is 0 Å². The summed E-state index contributed by atoms with van der Waals surface area (Å²) >= 11 is 0. The normalized spacial score (nSPS) is 17.0. The molecule has 0 radical (unpaired) electrons. The number of nitrogens with one attached hydrogen (secondary N) is 3. The van der Waals surface area contributed by atoms with Crippen molar-refractivity contribution in [3.63, 3.8) is 0 Å². The first-order valence-corrected chi connectivity index (χ1v) is 8.98. The highest BCUT2D eigenvalue weighted by molar-refractivity contribution is 5.94. The summed E-state index contributed by atoms with van der Waals surface area (Å²) in [6, 6.07) is 7.47. The average Bonchev–Trinajstić information content (AvgIpc) is 3.11. The van der Waals surface area contributed by atoms with Crippen LogP contribution in [0.4, 0.5) is 17.2 Å². The molecule has 4 bridgehead atoms. The predicted octanol–water partition coefficient (Wildman–Crippen LogP) is 2.17. The molecule has 1 aliphatic rings. The molecule has 28 heavy (non-hydrogen) atoms. The van der Waals surface area contributed by atoms with Crippen LogP contribution in [-0.4, -0.2) is 47.3 Å². The zero-order valence-electron chi connectivity index (χ0n) is 15.9. The van der Waals surface area contributed by atoms with Gasteiger partial charge in [-0.2, -0.15) is 0 Å². The number of fused-ring (bicyclic) bond motifs is 3. The van der Waals surface area contributed by atoms with Crippen LogP contribution in [0.2, 0.25) is 0 Å². The van der Waals surface area contributed by atoms with Crippen molar-refractivity contribution >= 4 is 28.7 Å². The van der Waals surface area contributed by atoms with Gasteiger partial charge in [-0.3, -0.25) is 4.79 Å². The van der Waals surface area contributed by atoms with Crippen LogP contribution in [0.3, 0.4) is 0 Å². The number of anilines is 3. The van der Waals surface area contributed by atoms with Gasteiger partial charge in [-0.25, -0.2) is 9.50 Å². The Balaban J connectivity index is 1.88. The summed E-state index contributed by atoms with van der Waals surface area (Å²) in [7, 11) is 3.41. The smallest absolute Gasteiger partial charge is 0.271 e. The summed E-state index contributed by atoms with van der Waals surface area (Å²) in [4.78, 5) is 17.1. The lowest BCUT2D eigenvalue weighted by atomic mass is 10.2. The van der Waals surface area contributed by atoms with Gasteiger partial charge >= 0.3 is 0 Å². The Kier molecular flexibility index (Phi) is 4.74. The van der Waals surface area contributed by atoms with Crippen molar-refractivity contribution in [1.82, 2.24) is 19.9 Å². The third kappa shape index (κ3) is 3.31. The standard InChI is InChI=1S/C19H22N6O3/c1-11-9-28-10-12-4-5-16(27-3)13(6-12)23-17-7-14(20-2)18-21-8-15(19(26)22-11)25(18)24-17/h4-8,11,20H,9-10H2,1-3H3,(H,22,26)(H,23,24)/t11-/m0/s1. The highest BCUT2D eigenvalue weighted by atomic mass is 16.5. The Hall–Kier alpha value is -3.33. The van der Waals surface area contributed by atoms with E-state index in [2.05, 4.69) is 26.0 Å². The first kappa shape index (κ1) is 18.1. The van der Waals surface area contributed by atoms with E-state index in [-0.39, 0.29) is 11.9 Å². The maximum Gasteiger partial charge on any atom is 0.271 e. The van der Waals surface area contributed by atoms with Crippen molar-refractivity contribution in [2.24, 2.45) is 0 Å². The Morgan fingerprint density at radius 2 is 2.21 bits per heavy atom. The molecule has 9 heteroatoms. The number of hydrogen-bond acceptors (Lipinski definition) is 7. The molecule has 2 aromatic heterocycles. The van der Waals surface area contributed by atoms with Gasteiger partial charge in [0, 0.05) is 19.2 Å². The number of methoxy groups -OCH3 is 1. The number of aromatic nitrogens is 3. The van der Waals surface area contributed by atoms with Gasteiger partial charge in [0.25, 0.3) is 5.91 Å². The SMILES string of the molecule is CNc1cc2nn3c(cnc13)C(=O)N[C@@H](C)COCc1ccc(OC)c(c1)N2. The molecule has 3 aromatic rings. The number of ether oxygens (including phenoxy) is 2. The van der Waals surface area contributed by atoms with Crippen LogP contribution in [0.25, 0.3) is 5.65 Å². The molecule has 3 heterocycles. The predicted molar refractivity (Wildman–Crippen MR) is 105 cm³/mol. The first-order chi connectivity index (χ1) is 13.6. The highest BCUT2D eigenvalue weighted by Gasteiger charge is 2.19. The van der Waals surface area contributed by atoms with Crippen LogP contribution in [0.1, 0.15) is 23.0 Å². The number of rotatable bonds is 2. The summed E-state index contributed by atoms with van der Waals surface area (Å²) in [6.45, 7) is 2.70. The molecule has 0 saturated carbocycles. The first-order valence-electron chi connectivity index (χ1n) is 8.98. The molecular formula is C19H22N6O3. The third-order valence-electron chi connectivity index (χ3n) is 4.51. The molecule has 4 rings (SSSR count). The van der Waals surface area contributed by atoms with Crippen molar-refractivity contribution in [3.05, 3.63) is 41.7 Å². The van der Waals surface area contributed by atoms with Crippen molar-refractivity contribution in [2.45, 2.75) is 19.6 Å². The molecule has 9 nitrogen and oxygen atoms in total. The summed E-state index contributed by atoms with van der Waals surface area (Å²) in [5, 5.41) is 13.9.